The van der Waals surface area contributed by atoms with Gasteiger partial charge in [0.05, 0.1) is 60.8 Å². The molecule has 1 N–H and O–H groups in total. The van der Waals surface area contributed by atoms with Crippen LogP contribution >= 0.6 is 16.2 Å². The van der Waals surface area contributed by atoms with Crippen molar-refractivity contribution < 1.29 is 4.57 Å². The summed E-state index contributed by atoms with van der Waals surface area (Å²) in [7, 11) is -3.58. The summed E-state index contributed by atoms with van der Waals surface area (Å²) >= 11 is 0. The summed E-state index contributed by atoms with van der Waals surface area (Å²) in [5.74, 6) is 2.50. The van der Waals surface area contributed by atoms with Gasteiger partial charge in [-0.1, -0.05) is 97.1 Å². The van der Waals surface area contributed by atoms with Crippen LogP contribution in [0.15, 0.2) is 182 Å². The monoisotopic (exact) mass is 802 g/mol. The molecule has 4 aromatic heterocycles. The fraction of sp³-hybridized carbons (Fsp3) is 0. The number of nitrogens with zero attached hydrogens (tertiary/aromatic N) is 9. The lowest BCUT2D eigenvalue weighted by molar-refractivity contribution is 0.569. The van der Waals surface area contributed by atoms with Crippen LogP contribution in [0.25, 0.3) is 44.1 Å². The summed E-state index contributed by atoms with van der Waals surface area (Å²) < 4.78 is 22.6. The van der Waals surface area contributed by atoms with Gasteiger partial charge in [-0.2, -0.15) is 0 Å². The molecule has 0 fully saturated rings. The minimum absolute atomic E-state index is 0.140. The molecule has 0 aliphatic carbocycles. The maximum Gasteiger partial charge on any atom is 0.306 e. The molecule has 5 heterocycles. The third-order valence-corrected chi connectivity index (χ3v) is 14.9. The maximum absolute atomic E-state index is 16.5. The Bertz CT molecular complexity index is 3310. The summed E-state index contributed by atoms with van der Waals surface area (Å²) in [5.41, 5.74) is 8.54. The minimum atomic E-state index is -3.72. The van der Waals surface area contributed by atoms with Crippen molar-refractivity contribution in [1.29, 1.82) is 0 Å². The van der Waals surface area contributed by atoms with Crippen LogP contribution in [0.5, 0.6) is 0 Å². The van der Waals surface area contributed by atoms with Crippen molar-refractivity contribution in [3.05, 3.63) is 182 Å². The van der Waals surface area contributed by atoms with E-state index < -0.39 is 7.44 Å². The molecule has 0 bridgehead atoms. The number of anilines is 6. The lowest BCUT2D eigenvalue weighted by atomic mass is 10.3. The third-order valence-electron chi connectivity index (χ3n) is 10.8. The van der Waals surface area contributed by atoms with E-state index in [4.69, 9.17) is 19.9 Å². The van der Waals surface area contributed by atoms with Gasteiger partial charge in [-0.25, -0.2) is 38.4 Å². The van der Waals surface area contributed by atoms with Crippen LogP contribution in [-0.4, -0.2) is 37.9 Å². The molecule has 11 aromatic rings. The number of hydrogen-bond acceptors (Lipinski definition) is 7. The molecular formula is C46H32N10OP2. The lowest BCUT2D eigenvalue weighted by Crippen LogP contribution is -2.30. The summed E-state index contributed by atoms with van der Waals surface area (Å²) in [6, 6.07) is 60.4. The SMILES string of the molecule is O=P1(c2ccc(Pn3c(N(c4ccccc4)c4nc5ccccc5[nH]4)nc4ccccc43)cc2)n2c(nc3ccccc32)N(c2ccccc2)c2nc3ccccc3n21. The van der Waals surface area contributed by atoms with Crippen molar-refractivity contribution in [1.82, 2.24) is 37.9 Å². The fourth-order valence-electron chi connectivity index (χ4n) is 8.13. The Balaban J connectivity index is 1.02. The Kier molecular flexibility index (Phi) is 7.51. The second-order valence-electron chi connectivity index (χ2n) is 14.3. The number of nitrogens with one attached hydrogen (secondary N) is 1. The first-order valence-corrected chi connectivity index (χ1v) is 21.8. The van der Waals surface area contributed by atoms with Crippen LogP contribution in [0.4, 0.5) is 35.2 Å². The summed E-state index contributed by atoms with van der Waals surface area (Å²) in [5, 5.41) is 1.70. The molecule has 59 heavy (non-hydrogen) atoms. The molecule has 12 rings (SSSR count). The van der Waals surface area contributed by atoms with Gasteiger partial charge in [-0.15, -0.1) is 0 Å². The van der Waals surface area contributed by atoms with E-state index in [-0.39, 0.29) is 8.73 Å². The highest BCUT2D eigenvalue weighted by Crippen LogP contribution is 2.61. The van der Waals surface area contributed by atoms with E-state index in [9.17, 15) is 0 Å². The molecule has 282 valence electrons. The molecule has 13 heteroatoms. The third kappa shape index (κ3) is 5.15. The zero-order chi connectivity index (χ0) is 39.1. The number of aromatic amines is 1. The number of fused-ring (bicyclic) bond motifs is 8. The van der Waals surface area contributed by atoms with Crippen LogP contribution in [0, 0.1) is 0 Å². The van der Waals surface area contributed by atoms with Crippen molar-refractivity contribution in [2.24, 2.45) is 0 Å². The standard InChI is InChI=1S/C46H32N10OP2/c57-59(55-41-25-13-10-22-38(41)50-45(55)53(32-17-5-2-6-18-32)46-51-39-23-11-14-26-42(39)56(46)59)34-29-27-33(28-30-34)58-54-40-24-12-9-21-37(40)49-44(54)52(31-15-3-1-4-16-31)43-47-35-19-7-8-20-36(35)48-43/h1-30,58H,(H,47,48). The van der Waals surface area contributed by atoms with E-state index in [0.717, 1.165) is 66.8 Å². The van der Waals surface area contributed by atoms with Crippen molar-refractivity contribution in [3.63, 3.8) is 0 Å². The van der Waals surface area contributed by atoms with Crippen LogP contribution < -0.4 is 20.4 Å². The second kappa shape index (κ2) is 13.1. The topological polar surface area (TPSA) is 106 Å². The number of H-pyrrole nitrogens is 1. The van der Waals surface area contributed by atoms with Gasteiger partial charge in [0.25, 0.3) is 0 Å². The number of hydrogen-bond donors (Lipinski definition) is 1. The number of aromatic nitrogens is 8. The number of para-hydroxylation sites is 10. The number of rotatable bonds is 7. The van der Waals surface area contributed by atoms with Gasteiger partial charge in [-0.05, 0) is 90.2 Å². The highest BCUT2D eigenvalue weighted by atomic mass is 31.2. The first kappa shape index (κ1) is 33.8. The molecule has 0 saturated heterocycles. The molecule has 0 radical (unpaired) electrons. The first-order chi connectivity index (χ1) is 29.1. The van der Waals surface area contributed by atoms with Gasteiger partial charge in [0.1, 0.15) is 0 Å². The van der Waals surface area contributed by atoms with E-state index in [1.807, 2.05) is 165 Å². The normalized spacial score (nSPS) is 13.5. The predicted octanol–water partition coefficient (Wildman–Crippen LogP) is 10.5. The predicted molar refractivity (Wildman–Crippen MR) is 240 cm³/mol. The molecule has 0 saturated carbocycles. The second-order valence-corrected chi connectivity index (χ2v) is 17.9. The van der Waals surface area contributed by atoms with E-state index in [1.165, 1.54) is 0 Å². The summed E-state index contributed by atoms with van der Waals surface area (Å²) in [6.45, 7) is 0. The fourth-order valence-corrected chi connectivity index (χ4v) is 12.1. The lowest BCUT2D eigenvalue weighted by Gasteiger charge is -2.35. The van der Waals surface area contributed by atoms with Gasteiger partial charge in [0, 0.05) is 8.73 Å². The molecule has 11 nitrogen and oxygen atoms in total. The molecule has 0 amide bonds. The zero-order valence-corrected chi connectivity index (χ0v) is 33.1. The maximum atomic E-state index is 16.5. The molecule has 7 aromatic carbocycles. The smallest absolute Gasteiger partial charge is 0.306 e. The molecule has 1 unspecified atom stereocenters. The Hall–Kier alpha value is -7.32. The van der Waals surface area contributed by atoms with E-state index in [2.05, 4.69) is 44.6 Å². The molecule has 1 aliphatic heterocycles. The minimum Gasteiger partial charge on any atom is -0.323 e. The van der Waals surface area contributed by atoms with Crippen LogP contribution in [0.2, 0.25) is 0 Å². The van der Waals surface area contributed by atoms with Crippen LogP contribution in [-0.2, 0) is 4.57 Å². The van der Waals surface area contributed by atoms with Gasteiger partial charge < -0.3 is 4.98 Å². The molecule has 1 aliphatic rings. The van der Waals surface area contributed by atoms with Gasteiger partial charge in [-0.3, -0.25) is 8.90 Å². The van der Waals surface area contributed by atoms with E-state index >= 15 is 4.57 Å². The van der Waals surface area contributed by atoms with Crippen LogP contribution in [0.3, 0.4) is 0 Å². The Morgan fingerprint density at radius 1 is 0.508 bits per heavy atom. The zero-order valence-electron chi connectivity index (χ0n) is 31.2. The average Bonchev–Trinajstić information content (AvgIpc) is 4.07. The molecule has 0 spiro atoms. The highest BCUT2D eigenvalue weighted by molar-refractivity contribution is 7.69. The van der Waals surface area contributed by atoms with Crippen molar-refractivity contribution in [3.8, 4) is 0 Å². The first-order valence-electron chi connectivity index (χ1n) is 19.2. The van der Waals surface area contributed by atoms with Gasteiger partial charge in [0.15, 0.2) is 0 Å². The highest BCUT2D eigenvalue weighted by Gasteiger charge is 2.45. The number of benzene rings is 7. The Morgan fingerprint density at radius 3 is 1.66 bits per heavy atom. The largest absolute Gasteiger partial charge is 0.323 e. The van der Waals surface area contributed by atoms with Crippen molar-refractivity contribution in [2.45, 2.75) is 0 Å². The molecular weight excluding hydrogens is 771 g/mol. The summed E-state index contributed by atoms with van der Waals surface area (Å²) in [6.07, 6.45) is 0. The van der Waals surface area contributed by atoms with Crippen molar-refractivity contribution in [2.75, 3.05) is 9.80 Å². The van der Waals surface area contributed by atoms with E-state index in [1.54, 1.807) is 0 Å². The Labute approximate surface area is 339 Å². The molecule has 1 atom stereocenters. The van der Waals surface area contributed by atoms with Gasteiger partial charge >= 0.3 is 7.44 Å². The average molecular weight is 803 g/mol. The summed E-state index contributed by atoms with van der Waals surface area (Å²) in [4.78, 5) is 28.1. The quantitative estimate of drug-likeness (QED) is 0.160. The van der Waals surface area contributed by atoms with E-state index in [0.29, 0.717) is 23.1 Å². The van der Waals surface area contributed by atoms with Gasteiger partial charge in [0.2, 0.25) is 23.8 Å². The van der Waals surface area contributed by atoms with Crippen LogP contribution in [0.1, 0.15) is 0 Å². The number of imidazole rings is 4. The Morgan fingerprint density at radius 2 is 1.03 bits per heavy atom. The van der Waals surface area contributed by atoms with Crippen molar-refractivity contribution >= 4 is 106 Å².